The SMILES string of the molecule is CC(C)(C)CC(=O)Nc1ccc2c(c1)cc(C(=O)NCCN1CCOCC1)n2Cc1ccc(F)cc1. The monoisotopic (exact) mass is 494 g/mol. The van der Waals surface area contributed by atoms with Crippen LogP contribution in [0.2, 0.25) is 0 Å². The van der Waals surface area contributed by atoms with E-state index in [9.17, 15) is 14.0 Å². The second-order valence-electron chi connectivity index (χ2n) is 10.5. The number of halogens is 1. The third kappa shape index (κ3) is 6.92. The summed E-state index contributed by atoms with van der Waals surface area (Å²) in [5.41, 5.74) is 2.86. The Kier molecular flexibility index (Phi) is 8.06. The Hall–Kier alpha value is -3.23. The number of ether oxygens (including phenoxy) is 1. The topological polar surface area (TPSA) is 75.6 Å². The normalized spacial score (nSPS) is 14.7. The van der Waals surface area contributed by atoms with Crippen molar-refractivity contribution in [3.05, 3.63) is 65.6 Å². The summed E-state index contributed by atoms with van der Waals surface area (Å²) >= 11 is 0. The number of carbonyl (C=O) groups excluding carboxylic acids is 2. The van der Waals surface area contributed by atoms with E-state index in [1.54, 1.807) is 12.1 Å². The van der Waals surface area contributed by atoms with E-state index in [0.717, 1.165) is 36.1 Å². The third-order valence-corrected chi connectivity index (χ3v) is 6.18. The van der Waals surface area contributed by atoms with Crippen LogP contribution in [0.25, 0.3) is 10.9 Å². The largest absolute Gasteiger partial charge is 0.379 e. The van der Waals surface area contributed by atoms with Gasteiger partial charge in [0, 0.05) is 55.7 Å². The number of hydrogen-bond donors (Lipinski definition) is 2. The van der Waals surface area contributed by atoms with Gasteiger partial charge in [-0.3, -0.25) is 14.5 Å². The van der Waals surface area contributed by atoms with Crippen molar-refractivity contribution in [2.45, 2.75) is 33.7 Å². The van der Waals surface area contributed by atoms with E-state index in [1.807, 2.05) is 49.6 Å². The molecule has 36 heavy (non-hydrogen) atoms. The van der Waals surface area contributed by atoms with Crippen LogP contribution in [-0.2, 0) is 16.1 Å². The van der Waals surface area contributed by atoms with Crippen molar-refractivity contribution in [2.24, 2.45) is 5.41 Å². The molecule has 1 aliphatic rings. The van der Waals surface area contributed by atoms with Crippen molar-refractivity contribution in [3.63, 3.8) is 0 Å². The minimum atomic E-state index is -0.298. The number of benzene rings is 2. The lowest BCUT2D eigenvalue weighted by Gasteiger charge is -2.26. The highest BCUT2D eigenvalue weighted by Crippen LogP contribution is 2.26. The minimum absolute atomic E-state index is 0.0475. The van der Waals surface area contributed by atoms with E-state index in [1.165, 1.54) is 12.1 Å². The molecule has 4 rings (SSSR count). The van der Waals surface area contributed by atoms with Crippen molar-refractivity contribution in [1.29, 1.82) is 0 Å². The molecule has 0 saturated carbocycles. The second-order valence-corrected chi connectivity index (χ2v) is 10.5. The van der Waals surface area contributed by atoms with E-state index in [-0.39, 0.29) is 23.0 Å². The van der Waals surface area contributed by atoms with Gasteiger partial charge < -0.3 is 19.9 Å². The van der Waals surface area contributed by atoms with Gasteiger partial charge >= 0.3 is 0 Å². The predicted octanol–water partition coefficient (Wildman–Crippen LogP) is 4.27. The Bertz CT molecular complexity index is 1210. The van der Waals surface area contributed by atoms with Crippen molar-refractivity contribution < 1.29 is 18.7 Å². The van der Waals surface area contributed by atoms with Crippen molar-refractivity contribution in [1.82, 2.24) is 14.8 Å². The quantitative estimate of drug-likeness (QED) is 0.491. The summed E-state index contributed by atoms with van der Waals surface area (Å²) in [6.07, 6.45) is 0.410. The zero-order chi connectivity index (χ0) is 25.7. The van der Waals surface area contributed by atoms with Gasteiger partial charge in [-0.25, -0.2) is 4.39 Å². The van der Waals surface area contributed by atoms with Crippen LogP contribution in [0.3, 0.4) is 0 Å². The van der Waals surface area contributed by atoms with Crippen LogP contribution in [0.5, 0.6) is 0 Å². The lowest BCUT2D eigenvalue weighted by Crippen LogP contribution is -2.41. The molecule has 1 fully saturated rings. The maximum absolute atomic E-state index is 13.5. The molecular formula is C28H35FN4O3. The predicted molar refractivity (Wildman–Crippen MR) is 140 cm³/mol. The van der Waals surface area contributed by atoms with Crippen LogP contribution in [0.1, 0.15) is 43.2 Å². The fourth-order valence-corrected chi connectivity index (χ4v) is 4.41. The summed E-state index contributed by atoms with van der Waals surface area (Å²) in [7, 11) is 0. The average molecular weight is 495 g/mol. The number of rotatable bonds is 8. The Morgan fingerprint density at radius 1 is 1.03 bits per heavy atom. The summed E-state index contributed by atoms with van der Waals surface area (Å²) < 4.78 is 20.8. The first-order valence-corrected chi connectivity index (χ1v) is 12.4. The van der Waals surface area contributed by atoms with Gasteiger partial charge in [-0.2, -0.15) is 0 Å². The fraction of sp³-hybridized carbons (Fsp3) is 0.429. The van der Waals surface area contributed by atoms with Gasteiger partial charge in [0.25, 0.3) is 5.91 Å². The zero-order valence-corrected chi connectivity index (χ0v) is 21.3. The molecule has 1 aliphatic heterocycles. The molecule has 2 aromatic carbocycles. The number of carbonyl (C=O) groups is 2. The van der Waals surface area contributed by atoms with Crippen molar-refractivity contribution in [2.75, 3.05) is 44.7 Å². The number of fused-ring (bicyclic) bond motifs is 1. The maximum atomic E-state index is 13.5. The Morgan fingerprint density at radius 3 is 2.44 bits per heavy atom. The molecule has 2 heterocycles. The van der Waals surface area contributed by atoms with Crippen molar-refractivity contribution in [3.8, 4) is 0 Å². The first kappa shape index (κ1) is 25.9. The molecule has 0 spiro atoms. The van der Waals surface area contributed by atoms with E-state index >= 15 is 0 Å². The first-order valence-electron chi connectivity index (χ1n) is 12.4. The fourth-order valence-electron chi connectivity index (χ4n) is 4.41. The number of anilines is 1. The van der Waals surface area contributed by atoms with Gasteiger partial charge in [-0.1, -0.05) is 32.9 Å². The van der Waals surface area contributed by atoms with Crippen LogP contribution < -0.4 is 10.6 Å². The minimum Gasteiger partial charge on any atom is -0.379 e. The van der Waals surface area contributed by atoms with Crippen LogP contribution in [0, 0.1) is 11.2 Å². The van der Waals surface area contributed by atoms with E-state index in [2.05, 4.69) is 15.5 Å². The number of nitrogens with one attached hydrogen (secondary N) is 2. The Morgan fingerprint density at radius 2 is 1.75 bits per heavy atom. The van der Waals surface area contributed by atoms with Gasteiger partial charge in [0.1, 0.15) is 11.5 Å². The maximum Gasteiger partial charge on any atom is 0.267 e. The Balaban J connectivity index is 1.56. The number of amides is 2. The summed E-state index contributed by atoms with van der Waals surface area (Å²) in [5.74, 6) is -0.513. The highest BCUT2D eigenvalue weighted by molar-refractivity contribution is 6.00. The van der Waals surface area contributed by atoms with Gasteiger partial charge in [-0.15, -0.1) is 0 Å². The molecule has 192 valence electrons. The number of hydrogen-bond acceptors (Lipinski definition) is 4. The molecule has 3 aromatic rings. The molecule has 0 radical (unpaired) electrons. The molecular weight excluding hydrogens is 459 g/mol. The number of aromatic nitrogens is 1. The summed E-state index contributed by atoms with van der Waals surface area (Å²) in [6, 6.07) is 13.8. The van der Waals surface area contributed by atoms with Crippen LogP contribution in [0.15, 0.2) is 48.5 Å². The second kappa shape index (κ2) is 11.2. The third-order valence-electron chi connectivity index (χ3n) is 6.18. The average Bonchev–Trinajstić information content (AvgIpc) is 3.17. The zero-order valence-electron chi connectivity index (χ0n) is 21.3. The molecule has 0 bridgehead atoms. The molecule has 1 saturated heterocycles. The summed E-state index contributed by atoms with van der Waals surface area (Å²) in [4.78, 5) is 27.9. The Labute approximate surface area is 211 Å². The molecule has 0 unspecified atom stereocenters. The molecule has 8 heteroatoms. The molecule has 1 aromatic heterocycles. The highest BCUT2D eigenvalue weighted by atomic mass is 19.1. The van der Waals surface area contributed by atoms with E-state index < -0.39 is 0 Å². The highest BCUT2D eigenvalue weighted by Gasteiger charge is 2.19. The number of morpholine rings is 1. The molecule has 2 N–H and O–H groups in total. The van der Waals surface area contributed by atoms with Crippen molar-refractivity contribution >= 4 is 28.4 Å². The molecule has 2 amide bonds. The van der Waals surface area contributed by atoms with Crippen LogP contribution in [0.4, 0.5) is 10.1 Å². The summed E-state index contributed by atoms with van der Waals surface area (Å²) in [5, 5.41) is 6.86. The van der Waals surface area contributed by atoms with Gasteiger partial charge in [0.05, 0.1) is 13.2 Å². The first-order chi connectivity index (χ1) is 17.2. The molecule has 0 aliphatic carbocycles. The lowest BCUT2D eigenvalue weighted by molar-refractivity contribution is -0.117. The van der Waals surface area contributed by atoms with Gasteiger partial charge in [0.15, 0.2) is 0 Å². The van der Waals surface area contributed by atoms with Crippen LogP contribution >= 0.6 is 0 Å². The summed E-state index contributed by atoms with van der Waals surface area (Å²) in [6.45, 7) is 11.0. The smallest absolute Gasteiger partial charge is 0.267 e. The van der Waals surface area contributed by atoms with E-state index in [4.69, 9.17) is 4.74 Å². The van der Waals surface area contributed by atoms with Crippen LogP contribution in [-0.4, -0.2) is 60.7 Å². The molecule has 0 atom stereocenters. The standard InChI is InChI=1S/C28H35FN4O3/c1-28(2,3)18-26(34)31-23-8-9-24-21(16-23)17-25(33(24)19-20-4-6-22(29)7-5-20)27(35)30-10-11-32-12-14-36-15-13-32/h4-9,16-17H,10-15,18-19H2,1-3H3,(H,30,35)(H,31,34). The van der Waals surface area contributed by atoms with E-state index in [0.29, 0.717) is 44.1 Å². The van der Waals surface area contributed by atoms with Gasteiger partial charge in [-0.05, 0) is 47.4 Å². The van der Waals surface area contributed by atoms with Gasteiger partial charge in [0.2, 0.25) is 5.91 Å². The lowest BCUT2D eigenvalue weighted by atomic mass is 9.92. The number of nitrogens with zero attached hydrogens (tertiary/aromatic N) is 2. The molecule has 7 nitrogen and oxygen atoms in total.